The van der Waals surface area contributed by atoms with Crippen molar-refractivity contribution in [2.75, 3.05) is 11.9 Å². The summed E-state index contributed by atoms with van der Waals surface area (Å²) >= 11 is 0. The third-order valence-corrected chi connectivity index (χ3v) is 3.31. The van der Waals surface area contributed by atoms with Crippen LogP contribution in [0.4, 0.5) is 5.69 Å². The van der Waals surface area contributed by atoms with Crippen molar-refractivity contribution < 1.29 is 0 Å². The molecule has 0 saturated carbocycles. The van der Waals surface area contributed by atoms with Crippen molar-refractivity contribution in [3.8, 4) is 0 Å². The van der Waals surface area contributed by atoms with E-state index in [2.05, 4.69) is 68.2 Å². The summed E-state index contributed by atoms with van der Waals surface area (Å²) in [4.78, 5) is 4.52. The molecule has 0 radical (unpaired) electrons. The highest BCUT2D eigenvalue weighted by Crippen LogP contribution is 2.28. The van der Waals surface area contributed by atoms with Crippen LogP contribution in [0, 0.1) is 13.8 Å². The number of anilines is 1. The molecule has 2 nitrogen and oxygen atoms in total. The van der Waals surface area contributed by atoms with Crippen molar-refractivity contribution in [1.29, 1.82) is 0 Å². The molecule has 0 bridgehead atoms. The Hall–Kier alpha value is -1.44. The molecule has 0 aromatic heterocycles. The minimum atomic E-state index is 0.408. The molecule has 15 heavy (non-hydrogen) atoms. The molecule has 2 rings (SSSR count). The number of hydrogen-bond donors (Lipinski definition) is 0. The maximum absolute atomic E-state index is 2.31. The molecule has 0 amide bonds. The molecule has 1 atom stereocenters. The van der Waals surface area contributed by atoms with Gasteiger partial charge in [-0.1, -0.05) is 12.1 Å². The Bertz CT molecular complexity index is 396. The van der Waals surface area contributed by atoms with Gasteiger partial charge in [-0.15, -0.1) is 0 Å². The van der Waals surface area contributed by atoms with E-state index in [-0.39, 0.29) is 0 Å². The predicted octanol–water partition coefficient (Wildman–Crippen LogP) is 2.87. The first kappa shape index (κ1) is 10.1. The van der Waals surface area contributed by atoms with Crippen molar-refractivity contribution in [3.63, 3.8) is 0 Å². The second-order valence-electron chi connectivity index (χ2n) is 4.22. The van der Waals surface area contributed by atoms with Crippen LogP contribution in [0.5, 0.6) is 0 Å². The van der Waals surface area contributed by atoms with Crippen molar-refractivity contribution in [2.24, 2.45) is 0 Å². The van der Waals surface area contributed by atoms with E-state index in [1.54, 1.807) is 0 Å². The Labute approximate surface area is 91.8 Å². The van der Waals surface area contributed by atoms with Gasteiger partial charge in [-0.3, -0.25) is 0 Å². The summed E-state index contributed by atoms with van der Waals surface area (Å²) in [7, 11) is 2.10. The highest BCUT2D eigenvalue weighted by molar-refractivity contribution is 5.59. The summed E-state index contributed by atoms with van der Waals surface area (Å²) in [6.45, 7) is 6.55. The van der Waals surface area contributed by atoms with Crippen LogP contribution in [0.3, 0.4) is 0 Å². The van der Waals surface area contributed by atoms with Crippen LogP contribution in [0.2, 0.25) is 0 Å². The van der Waals surface area contributed by atoms with E-state index in [1.165, 1.54) is 16.8 Å². The van der Waals surface area contributed by atoms with Crippen LogP contribution in [-0.2, 0) is 0 Å². The molecule has 2 heteroatoms. The van der Waals surface area contributed by atoms with Gasteiger partial charge in [0.05, 0.1) is 0 Å². The van der Waals surface area contributed by atoms with Crippen molar-refractivity contribution >= 4 is 5.69 Å². The van der Waals surface area contributed by atoms with Gasteiger partial charge in [0.2, 0.25) is 0 Å². The van der Waals surface area contributed by atoms with E-state index in [1.807, 2.05) is 0 Å². The first-order chi connectivity index (χ1) is 7.11. The lowest BCUT2D eigenvalue weighted by Gasteiger charge is -2.28. The molecule has 1 heterocycles. The first-order valence-electron chi connectivity index (χ1n) is 5.36. The molecule has 80 valence electrons. The molecule has 1 aromatic rings. The van der Waals surface area contributed by atoms with Crippen molar-refractivity contribution in [2.45, 2.75) is 26.9 Å². The lowest BCUT2D eigenvalue weighted by atomic mass is 10.1. The van der Waals surface area contributed by atoms with Crippen molar-refractivity contribution in [3.05, 3.63) is 41.7 Å². The molecule has 0 saturated heterocycles. The second-order valence-corrected chi connectivity index (χ2v) is 4.22. The average molecular weight is 202 g/mol. The van der Waals surface area contributed by atoms with E-state index >= 15 is 0 Å². The summed E-state index contributed by atoms with van der Waals surface area (Å²) in [5.74, 6) is 0. The van der Waals surface area contributed by atoms with E-state index in [9.17, 15) is 0 Å². The third-order valence-electron chi connectivity index (χ3n) is 3.31. The molecule has 1 aromatic carbocycles. The zero-order chi connectivity index (χ0) is 11.0. The van der Waals surface area contributed by atoms with Gasteiger partial charge in [0.25, 0.3) is 0 Å². The van der Waals surface area contributed by atoms with Crippen LogP contribution in [0.15, 0.2) is 30.6 Å². The lowest BCUT2D eigenvalue weighted by Crippen LogP contribution is -2.33. The zero-order valence-corrected chi connectivity index (χ0v) is 9.86. The van der Waals surface area contributed by atoms with Crippen LogP contribution < -0.4 is 4.90 Å². The van der Waals surface area contributed by atoms with E-state index < -0.39 is 0 Å². The molecular weight excluding hydrogens is 184 g/mol. The third kappa shape index (κ3) is 1.60. The van der Waals surface area contributed by atoms with Gasteiger partial charge >= 0.3 is 0 Å². The fraction of sp³-hybridized carbons (Fsp3) is 0.385. The molecule has 0 unspecified atom stereocenters. The predicted molar refractivity (Wildman–Crippen MR) is 64.8 cm³/mol. The first-order valence-corrected chi connectivity index (χ1v) is 5.36. The highest BCUT2D eigenvalue weighted by atomic mass is 15.4. The van der Waals surface area contributed by atoms with Gasteiger partial charge in [-0.2, -0.15) is 0 Å². The Morgan fingerprint density at radius 3 is 2.47 bits per heavy atom. The molecule has 0 spiro atoms. The van der Waals surface area contributed by atoms with E-state index in [0.717, 1.165) is 0 Å². The number of aryl methyl sites for hydroxylation is 1. The van der Waals surface area contributed by atoms with Crippen LogP contribution >= 0.6 is 0 Å². The summed E-state index contributed by atoms with van der Waals surface area (Å²) < 4.78 is 0. The number of benzene rings is 1. The van der Waals surface area contributed by atoms with Gasteiger partial charge in [0, 0.05) is 25.1 Å². The number of rotatable bonds is 1. The fourth-order valence-electron chi connectivity index (χ4n) is 1.92. The number of nitrogens with zero attached hydrogens (tertiary/aromatic N) is 2. The highest BCUT2D eigenvalue weighted by Gasteiger charge is 2.21. The summed E-state index contributed by atoms with van der Waals surface area (Å²) in [5.41, 5.74) is 4.02. The minimum absolute atomic E-state index is 0.408. The maximum Gasteiger partial charge on any atom is 0.102 e. The zero-order valence-electron chi connectivity index (χ0n) is 9.86. The van der Waals surface area contributed by atoms with Gasteiger partial charge in [-0.25, -0.2) is 0 Å². The lowest BCUT2D eigenvalue weighted by molar-refractivity contribution is 0.383. The summed E-state index contributed by atoms with van der Waals surface area (Å²) in [6, 6.07) is 6.46. The largest absolute Gasteiger partial charge is 0.359 e. The monoisotopic (exact) mass is 202 g/mol. The second kappa shape index (κ2) is 3.61. The Morgan fingerprint density at radius 2 is 1.87 bits per heavy atom. The van der Waals surface area contributed by atoms with Gasteiger partial charge in [0.1, 0.15) is 6.17 Å². The van der Waals surface area contributed by atoms with Gasteiger partial charge in [0.15, 0.2) is 0 Å². The molecule has 1 aliphatic rings. The van der Waals surface area contributed by atoms with E-state index in [4.69, 9.17) is 0 Å². The summed E-state index contributed by atoms with van der Waals surface area (Å²) in [6.07, 6.45) is 4.67. The Kier molecular flexibility index (Phi) is 2.43. The molecule has 0 N–H and O–H groups in total. The average Bonchev–Trinajstić information content (AvgIpc) is 2.53. The quantitative estimate of drug-likeness (QED) is 0.691. The summed E-state index contributed by atoms with van der Waals surface area (Å²) in [5, 5.41) is 0. The van der Waals surface area contributed by atoms with Crippen LogP contribution in [0.1, 0.15) is 18.1 Å². The van der Waals surface area contributed by atoms with Crippen molar-refractivity contribution in [1.82, 2.24) is 4.90 Å². The standard InChI is InChI=1S/C13H18N2/c1-10-6-5-7-13(11(10)2)15-9-8-14(4)12(15)3/h5-9,12H,1-4H3/t12-/m0/s1. The Balaban J connectivity index is 2.39. The van der Waals surface area contributed by atoms with Gasteiger partial charge < -0.3 is 9.80 Å². The molecule has 1 aliphatic heterocycles. The molecule has 0 aliphatic carbocycles. The topological polar surface area (TPSA) is 6.48 Å². The smallest absolute Gasteiger partial charge is 0.102 e. The van der Waals surface area contributed by atoms with Gasteiger partial charge in [-0.05, 0) is 38.0 Å². The van der Waals surface area contributed by atoms with Crippen LogP contribution in [-0.4, -0.2) is 18.1 Å². The maximum atomic E-state index is 2.31. The van der Waals surface area contributed by atoms with E-state index in [0.29, 0.717) is 6.17 Å². The number of hydrogen-bond acceptors (Lipinski definition) is 2. The molecular formula is C13H18N2. The van der Waals surface area contributed by atoms with Crippen LogP contribution in [0.25, 0.3) is 0 Å². The molecule has 0 fully saturated rings. The fourth-order valence-corrected chi connectivity index (χ4v) is 1.92. The SMILES string of the molecule is Cc1cccc(N2C=CN(C)[C@@H]2C)c1C. The minimum Gasteiger partial charge on any atom is -0.359 e. The Morgan fingerprint density at radius 1 is 1.13 bits per heavy atom. The normalized spacial score (nSPS) is 20.1.